The van der Waals surface area contributed by atoms with E-state index < -0.39 is 47.1 Å². The Hall–Kier alpha value is -3.63. The molecular formula is C25H18F8O3. The third-order valence-corrected chi connectivity index (χ3v) is 5.01. The number of esters is 1. The molecule has 0 heterocycles. The van der Waals surface area contributed by atoms with Crippen LogP contribution in [0.3, 0.4) is 0 Å². The molecule has 3 nitrogen and oxygen atoms in total. The average Bonchev–Trinajstić information content (AvgIpc) is 2.80. The average molecular weight is 518 g/mol. The quantitative estimate of drug-likeness (QED) is 0.174. The van der Waals surface area contributed by atoms with Crippen molar-refractivity contribution in [2.75, 3.05) is 0 Å². The number of carbonyl (C=O) groups is 1. The summed E-state index contributed by atoms with van der Waals surface area (Å²) in [4.78, 5) is 11.1. The molecule has 0 amide bonds. The van der Waals surface area contributed by atoms with E-state index in [2.05, 4.69) is 9.47 Å². The standard InChI is InChI=1S/C25H18F8O3/c1-2-3-15-4-6-16(7-5-15)17-8-10-18(11-9-17)24(29,30)36-19-12-13-21(20(26)14-19)35-22(34)23(27,28)25(31,32)33/h4-14H,2-3H2,1H3. The van der Waals surface area contributed by atoms with Crippen LogP contribution < -0.4 is 9.47 Å². The number of hydrogen-bond acceptors (Lipinski definition) is 3. The van der Waals surface area contributed by atoms with Gasteiger partial charge in [-0.1, -0.05) is 49.7 Å². The third-order valence-electron chi connectivity index (χ3n) is 5.01. The van der Waals surface area contributed by atoms with Gasteiger partial charge in [-0.15, -0.1) is 0 Å². The summed E-state index contributed by atoms with van der Waals surface area (Å²) in [6, 6.07) is 13.9. The number of carbonyl (C=O) groups excluding carboxylic acids is 1. The van der Waals surface area contributed by atoms with Gasteiger partial charge in [-0.2, -0.15) is 30.7 Å². The Morgan fingerprint density at radius 3 is 1.86 bits per heavy atom. The maximum absolute atomic E-state index is 14.6. The summed E-state index contributed by atoms with van der Waals surface area (Å²) in [7, 11) is 0. The van der Waals surface area contributed by atoms with Gasteiger partial charge >= 0.3 is 24.2 Å². The van der Waals surface area contributed by atoms with Crippen LogP contribution in [0.2, 0.25) is 0 Å². The molecule has 0 aliphatic rings. The van der Waals surface area contributed by atoms with E-state index in [0.29, 0.717) is 17.7 Å². The van der Waals surface area contributed by atoms with E-state index in [1.807, 2.05) is 31.2 Å². The SMILES string of the molecule is CCCc1ccc(-c2ccc(C(F)(F)Oc3ccc(OC(=O)C(F)(F)C(F)(F)F)c(F)c3)cc2)cc1. The summed E-state index contributed by atoms with van der Waals surface area (Å²) >= 11 is 0. The van der Waals surface area contributed by atoms with E-state index in [0.717, 1.165) is 36.1 Å². The lowest BCUT2D eigenvalue weighted by atomic mass is 10.0. The fourth-order valence-electron chi connectivity index (χ4n) is 3.12. The van der Waals surface area contributed by atoms with Crippen molar-refractivity contribution in [3.05, 3.63) is 83.7 Å². The number of hydrogen-bond donors (Lipinski definition) is 0. The molecule has 0 fully saturated rings. The van der Waals surface area contributed by atoms with Gasteiger partial charge < -0.3 is 9.47 Å². The minimum absolute atomic E-state index is 0.258. The molecule has 0 radical (unpaired) electrons. The van der Waals surface area contributed by atoms with Crippen LogP contribution in [-0.4, -0.2) is 18.1 Å². The Bertz CT molecular complexity index is 1200. The molecule has 0 saturated carbocycles. The molecule has 3 aromatic carbocycles. The first-order valence-corrected chi connectivity index (χ1v) is 10.5. The Balaban J connectivity index is 1.72. The van der Waals surface area contributed by atoms with Gasteiger partial charge in [0.15, 0.2) is 11.6 Å². The highest BCUT2D eigenvalue weighted by Crippen LogP contribution is 2.38. The lowest BCUT2D eigenvalue weighted by Gasteiger charge is -2.20. The normalized spacial score (nSPS) is 12.4. The molecule has 3 rings (SSSR count). The van der Waals surface area contributed by atoms with Gasteiger partial charge in [0, 0.05) is 6.07 Å². The minimum Gasteiger partial charge on any atom is -0.429 e. The maximum atomic E-state index is 14.6. The molecule has 0 atom stereocenters. The molecule has 0 aliphatic carbocycles. The summed E-state index contributed by atoms with van der Waals surface area (Å²) in [5, 5.41) is 0. The van der Waals surface area contributed by atoms with Crippen molar-refractivity contribution in [2.45, 2.75) is 38.0 Å². The van der Waals surface area contributed by atoms with Crippen molar-refractivity contribution in [1.82, 2.24) is 0 Å². The maximum Gasteiger partial charge on any atom is 0.465 e. The second kappa shape index (κ2) is 10.2. The van der Waals surface area contributed by atoms with Crippen LogP contribution in [0.1, 0.15) is 24.5 Å². The number of ether oxygens (including phenoxy) is 2. The molecule has 192 valence electrons. The Labute approximate surface area is 200 Å². The van der Waals surface area contributed by atoms with Gasteiger partial charge in [-0.3, -0.25) is 0 Å². The molecule has 3 aromatic rings. The molecule has 36 heavy (non-hydrogen) atoms. The fourth-order valence-corrected chi connectivity index (χ4v) is 3.12. The van der Waals surface area contributed by atoms with E-state index in [1.54, 1.807) is 0 Å². The van der Waals surface area contributed by atoms with Crippen LogP contribution in [0, 0.1) is 5.82 Å². The van der Waals surface area contributed by atoms with Crippen molar-refractivity contribution in [1.29, 1.82) is 0 Å². The zero-order valence-electron chi connectivity index (χ0n) is 18.5. The number of aryl methyl sites for hydroxylation is 1. The molecule has 0 spiro atoms. The van der Waals surface area contributed by atoms with Crippen LogP contribution >= 0.6 is 0 Å². The molecule has 0 aliphatic heterocycles. The predicted octanol–water partition coefficient (Wildman–Crippen LogP) is 7.68. The summed E-state index contributed by atoms with van der Waals surface area (Å²) in [5.74, 6) is -12.8. The Morgan fingerprint density at radius 2 is 1.36 bits per heavy atom. The highest BCUT2D eigenvalue weighted by Gasteiger charge is 2.65. The molecule has 0 bridgehead atoms. The number of benzene rings is 3. The van der Waals surface area contributed by atoms with Crippen molar-refractivity contribution < 1.29 is 49.4 Å². The zero-order valence-corrected chi connectivity index (χ0v) is 18.5. The fraction of sp³-hybridized carbons (Fsp3) is 0.240. The van der Waals surface area contributed by atoms with Gasteiger partial charge in [0.25, 0.3) is 0 Å². The minimum atomic E-state index is -6.26. The third kappa shape index (κ3) is 5.95. The summed E-state index contributed by atoms with van der Waals surface area (Å²) in [5.41, 5.74) is 2.01. The van der Waals surface area contributed by atoms with E-state index in [1.165, 1.54) is 12.1 Å². The van der Waals surface area contributed by atoms with Crippen LogP contribution in [0.5, 0.6) is 11.5 Å². The number of halogens is 8. The number of alkyl halides is 7. The largest absolute Gasteiger partial charge is 0.465 e. The van der Waals surface area contributed by atoms with Gasteiger partial charge in [0.2, 0.25) is 0 Å². The van der Waals surface area contributed by atoms with Crippen molar-refractivity contribution >= 4 is 5.97 Å². The zero-order chi connectivity index (χ0) is 26.7. The second-order valence-corrected chi connectivity index (χ2v) is 7.70. The lowest BCUT2D eigenvalue weighted by Crippen LogP contribution is -2.46. The first kappa shape index (κ1) is 27.0. The van der Waals surface area contributed by atoms with E-state index in [-0.39, 0.29) is 6.07 Å². The summed E-state index contributed by atoms with van der Waals surface area (Å²) < 4.78 is 114. The first-order valence-electron chi connectivity index (χ1n) is 10.5. The van der Waals surface area contributed by atoms with Crippen LogP contribution in [-0.2, 0) is 17.3 Å². The van der Waals surface area contributed by atoms with Crippen LogP contribution in [0.4, 0.5) is 35.1 Å². The molecule has 0 unspecified atom stereocenters. The van der Waals surface area contributed by atoms with Gasteiger partial charge in [-0.05, 0) is 47.4 Å². The smallest absolute Gasteiger partial charge is 0.429 e. The van der Waals surface area contributed by atoms with E-state index in [4.69, 9.17) is 0 Å². The topological polar surface area (TPSA) is 35.5 Å². The molecular weight excluding hydrogens is 500 g/mol. The Kier molecular flexibility index (Phi) is 7.61. The number of rotatable bonds is 8. The lowest BCUT2D eigenvalue weighted by molar-refractivity contribution is -0.276. The molecule has 11 heteroatoms. The Morgan fingerprint density at radius 1 is 0.806 bits per heavy atom. The van der Waals surface area contributed by atoms with E-state index >= 15 is 0 Å². The highest BCUT2D eigenvalue weighted by molar-refractivity contribution is 5.81. The molecule has 0 N–H and O–H groups in total. The second-order valence-electron chi connectivity index (χ2n) is 7.70. The predicted molar refractivity (Wildman–Crippen MR) is 113 cm³/mol. The summed E-state index contributed by atoms with van der Waals surface area (Å²) in [6.45, 7) is 2.05. The van der Waals surface area contributed by atoms with Gasteiger partial charge in [0.1, 0.15) is 5.75 Å². The van der Waals surface area contributed by atoms with Crippen LogP contribution in [0.15, 0.2) is 66.7 Å². The molecule has 0 saturated heterocycles. The highest BCUT2D eigenvalue weighted by atomic mass is 19.4. The van der Waals surface area contributed by atoms with Crippen LogP contribution in [0.25, 0.3) is 11.1 Å². The van der Waals surface area contributed by atoms with Gasteiger partial charge in [-0.25, -0.2) is 9.18 Å². The van der Waals surface area contributed by atoms with Crippen molar-refractivity contribution in [2.24, 2.45) is 0 Å². The summed E-state index contributed by atoms with van der Waals surface area (Å²) in [6.07, 6.45) is -8.33. The van der Waals surface area contributed by atoms with Crippen molar-refractivity contribution in [3.63, 3.8) is 0 Å². The van der Waals surface area contributed by atoms with E-state index in [9.17, 15) is 39.9 Å². The monoisotopic (exact) mass is 518 g/mol. The first-order chi connectivity index (χ1) is 16.7. The van der Waals surface area contributed by atoms with Crippen molar-refractivity contribution in [3.8, 4) is 22.6 Å². The van der Waals surface area contributed by atoms with Gasteiger partial charge in [0.05, 0.1) is 5.56 Å². The molecule has 0 aromatic heterocycles.